The zero-order valence-corrected chi connectivity index (χ0v) is 14.9. The highest BCUT2D eigenvalue weighted by Gasteiger charge is 2.19. The largest absolute Gasteiger partial charge is 0.443 e. The molecular formula is C18H25FN4O. The zero-order valence-electron chi connectivity index (χ0n) is 14.9. The fourth-order valence-corrected chi connectivity index (χ4v) is 2.12. The molecule has 0 unspecified atom stereocenters. The van der Waals surface area contributed by atoms with Crippen molar-refractivity contribution < 1.29 is 8.81 Å². The van der Waals surface area contributed by atoms with Crippen LogP contribution in [0.3, 0.4) is 0 Å². The number of guanidine groups is 1. The lowest BCUT2D eigenvalue weighted by Crippen LogP contribution is -2.36. The number of oxazole rings is 1. The van der Waals surface area contributed by atoms with Gasteiger partial charge >= 0.3 is 0 Å². The Balaban J connectivity index is 1.88. The standard InChI is InChI=1S/C18H25FN4O/c1-12-8-13(6-7-14(12)19)9-22-17(20-5)23-11-16-21-10-15(24-16)18(2,3)4/h6-8,10H,9,11H2,1-5H3,(H2,20,22,23). The molecular weight excluding hydrogens is 307 g/mol. The van der Waals surface area contributed by atoms with Gasteiger partial charge in [-0.3, -0.25) is 4.99 Å². The van der Waals surface area contributed by atoms with Crippen LogP contribution in [0.5, 0.6) is 0 Å². The molecule has 1 aromatic heterocycles. The maximum absolute atomic E-state index is 13.3. The van der Waals surface area contributed by atoms with Gasteiger partial charge in [0.1, 0.15) is 11.6 Å². The molecule has 0 amide bonds. The van der Waals surface area contributed by atoms with E-state index in [2.05, 4.69) is 41.4 Å². The maximum Gasteiger partial charge on any atom is 0.213 e. The molecule has 2 N–H and O–H groups in total. The first-order valence-corrected chi connectivity index (χ1v) is 7.94. The lowest BCUT2D eigenvalue weighted by molar-refractivity contribution is 0.379. The number of aromatic nitrogens is 1. The molecule has 2 aromatic rings. The van der Waals surface area contributed by atoms with Crippen molar-refractivity contribution in [1.82, 2.24) is 15.6 Å². The Kier molecular flexibility index (Phi) is 5.59. The quantitative estimate of drug-likeness (QED) is 0.666. The summed E-state index contributed by atoms with van der Waals surface area (Å²) in [7, 11) is 1.70. The summed E-state index contributed by atoms with van der Waals surface area (Å²) in [5.74, 6) is 1.90. The van der Waals surface area contributed by atoms with E-state index in [9.17, 15) is 4.39 Å². The lowest BCUT2D eigenvalue weighted by atomic mass is 9.94. The second-order valence-electron chi connectivity index (χ2n) is 6.73. The van der Waals surface area contributed by atoms with E-state index >= 15 is 0 Å². The van der Waals surface area contributed by atoms with E-state index in [1.54, 1.807) is 26.2 Å². The molecule has 0 fully saturated rings. The lowest BCUT2D eigenvalue weighted by Gasteiger charge is -2.13. The van der Waals surface area contributed by atoms with Gasteiger partial charge in [-0.05, 0) is 24.1 Å². The smallest absolute Gasteiger partial charge is 0.213 e. The average molecular weight is 332 g/mol. The van der Waals surface area contributed by atoms with Gasteiger partial charge < -0.3 is 15.1 Å². The van der Waals surface area contributed by atoms with E-state index in [1.165, 1.54) is 6.07 Å². The van der Waals surface area contributed by atoms with Gasteiger partial charge in [0.15, 0.2) is 5.96 Å². The molecule has 24 heavy (non-hydrogen) atoms. The molecule has 0 radical (unpaired) electrons. The number of hydrogen-bond donors (Lipinski definition) is 2. The van der Waals surface area contributed by atoms with Crippen LogP contribution in [0, 0.1) is 12.7 Å². The summed E-state index contributed by atoms with van der Waals surface area (Å²) in [5, 5.41) is 6.34. The van der Waals surface area contributed by atoms with Crippen molar-refractivity contribution in [3.05, 3.63) is 53.0 Å². The highest BCUT2D eigenvalue weighted by molar-refractivity contribution is 5.79. The molecule has 0 spiro atoms. The van der Waals surface area contributed by atoms with Crippen molar-refractivity contribution in [2.45, 2.75) is 46.2 Å². The second kappa shape index (κ2) is 7.47. The molecule has 5 nitrogen and oxygen atoms in total. The number of halogens is 1. The van der Waals surface area contributed by atoms with E-state index in [-0.39, 0.29) is 11.2 Å². The van der Waals surface area contributed by atoms with Crippen molar-refractivity contribution in [2.75, 3.05) is 7.05 Å². The van der Waals surface area contributed by atoms with Gasteiger partial charge in [-0.1, -0.05) is 32.9 Å². The Bertz CT molecular complexity index is 716. The number of benzene rings is 1. The summed E-state index contributed by atoms with van der Waals surface area (Å²) >= 11 is 0. The second-order valence-corrected chi connectivity index (χ2v) is 6.73. The monoisotopic (exact) mass is 332 g/mol. The van der Waals surface area contributed by atoms with Gasteiger partial charge in [-0.25, -0.2) is 9.37 Å². The van der Waals surface area contributed by atoms with Gasteiger partial charge in [0.05, 0.1) is 12.7 Å². The van der Waals surface area contributed by atoms with Crippen LogP contribution >= 0.6 is 0 Å². The molecule has 0 aliphatic rings. The predicted octanol–water partition coefficient (Wildman–Crippen LogP) is 3.28. The first-order valence-electron chi connectivity index (χ1n) is 7.94. The van der Waals surface area contributed by atoms with Crippen LogP contribution in [0.4, 0.5) is 4.39 Å². The summed E-state index contributed by atoms with van der Waals surface area (Å²) < 4.78 is 19.0. The normalized spacial score (nSPS) is 12.3. The van der Waals surface area contributed by atoms with Crippen LogP contribution in [0.25, 0.3) is 0 Å². The van der Waals surface area contributed by atoms with E-state index in [4.69, 9.17) is 4.42 Å². The molecule has 6 heteroatoms. The Labute approximate surface area is 142 Å². The maximum atomic E-state index is 13.3. The van der Waals surface area contributed by atoms with Crippen LogP contribution in [0.1, 0.15) is 43.5 Å². The summed E-state index contributed by atoms with van der Waals surface area (Å²) in [6.07, 6.45) is 1.76. The first kappa shape index (κ1) is 18.0. The van der Waals surface area contributed by atoms with Crippen molar-refractivity contribution in [2.24, 2.45) is 4.99 Å². The summed E-state index contributed by atoms with van der Waals surface area (Å²) in [6, 6.07) is 5.05. The van der Waals surface area contributed by atoms with E-state index in [0.29, 0.717) is 30.5 Å². The highest BCUT2D eigenvalue weighted by atomic mass is 19.1. The fraction of sp³-hybridized carbons (Fsp3) is 0.444. The minimum Gasteiger partial charge on any atom is -0.443 e. The summed E-state index contributed by atoms with van der Waals surface area (Å²) in [5.41, 5.74) is 1.56. The third-order valence-electron chi connectivity index (χ3n) is 3.61. The Hall–Kier alpha value is -2.37. The molecule has 0 bridgehead atoms. The van der Waals surface area contributed by atoms with E-state index in [0.717, 1.165) is 11.3 Å². The summed E-state index contributed by atoms with van der Waals surface area (Å²) in [4.78, 5) is 8.44. The van der Waals surface area contributed by atoms with Crippen LogP contribution in [0.15, 0.2) is 33.8 Å². The van der Waals surface area contributed by atoms with Gasteiger partial charge in [-0.15, -0.1) is 0 Å². The van der Waals surface area contributed by atoms with Crippen molar-refractivity contribution in [1.29, 1.82) is 0 Å². The minimum atomic E-state index is -0.195. The van der Waals surface area contributed by atoms with Gasteiger partial charge in [-0.2, -0.15) is 0 Å². The number of nitrogens with one attached hydrogen (secondary N) is 2. The topological polar surface area (TPSA) is 62.5 Å². The van der Waals surface area contributed by atoms with Crippen molar-refractivity contribution >= 4 is 5.96 Å². The third kappa shape index (κ3) is 4.81. The molecule has 0 atom stereocenters. The average Bonchev–Trinajstić information content (AvgIpc) is 3.00. The molecule has 130 valence electrons. The number of aliphatic imine (C=N–C) groups is 1. The van der Waals surface area contributed by atoms with E-state index < -0.39 is 0 Å². The first-order chi connectivity index (χ1) is 11.3. The molecule has 2 rings (SSSR count). The minimum absolute atomic E-state index is 0.0639. The summed E-state index contributed by atoms with van der Waals surface area (Å²) in [6.45, 7) is 8.99. The molecule has 1 heterocycles. The third-order valence-corrected chi connectivity index (χ3v) is 3.61. The molecule has 1 aromatic carbocycles. The Morgan fingerprint density at radius 2 is 1.96 bits per heavy atom. The van der Waals surface area contributed by atoms with Crippen LogP contribution < -0.4 is 10.6 Å². The van der Waals surface area contributed by atoms with Crippen LogP contribution in [-0.4, -0.2) is 18.0 Å². The predicted molar refractivity (Wildman–Crippen MR) is 93.4 cm³/mol. The Morgan fingerprint density at radius 1 is 1.25 bits per heavy atom. The Morgan fingerprint density at radius 3 is 2.54 bits per heavy atom. The van der Waals surface area contributed by atoms with Crippen LogP contribution in [-0.2, 0) is 18.5 Å². The van der Waals surface area contributed by atoms with Gasteiger partial charge in [0.25, 0.3) is 0 Å². The van der Waals surface area contributed by atoms with Crippen molar-refractivity contribution in [3.63, 3.8) is 0 Å². The van der Waals surface area contributed by atoms with E-state index in [1.807, 2.05) is 6.07 Å². The van der Waals surface area contributed by atoms with Gasteiger partial charge in [0, 0.05) is 19.0 Å². The molecule has 0 aliphatic carbocycles. The number of nitrogens with zero attached hydrogens (tertiary/aromatic N) is 2. The number of rotatable bonds is 4. The number of aryl methyl sites for hydroxylation is 1. The van der Waals surface area contributed by atoms with Crippen LogP contribution in [0.2, 0.25) is 0 Å². The highest BCUT2D eigenvalue weighted by Crippen LogP contribution is 2.22. The molecule has 0 saturated heterocycles. The fourth-order valence-electron chi connectivity index (χ4n) is 2.12. The zero-order chi connectivity index (χ0) is 17.7. The molecule has 0 saturated carbocycles. The molecule has 0 aliphatic heterocycles. The number of hydrogen-bond acceptors (Lipinski definition) is 3. The SMILES string of the molecule is CN=C(NCc1ccc(F)c(C)c1)NCc1ncc(C(C)(C)C)o1. The van der Waals surface area contributed by atoms with Crippen molar-refractivity contribution in [3.8, 4) is 0 Å². The van der Waals surface area contributed by atoms with Gasteiger partial charge in [0.2, 0.25) is 5.89 Å².